The Balaban J connectivity index is 1.97. The Morgan fingerprint density at radius 3 is 2.45 bits per heavy atom. The van der Waals surface area contributed by atoms with Gasteiger partial charge < -0.3 is 9.94 Å². The minimum absolute atomic E-state index is 0.0201. The van der Waals surface area contributed by atoms with E-state index in [2.05, 4.69) is 5.16 Å². The third kappa shape index (κ3) is 3.94. The molecule has 2 aromatic rings. The van der Waals surface area contributed by atoms with E-state index >= 15 is 0 Å². The summed E-state index contributed by atoms with van der Waals surface area (Å²) in [6, 6.07) is 10.3. The zero-order valence-corrected chi connectivity index (χ0v) is 11.8. The molecule has 0 bridgehead atoms. The van der Waals surface area contributed by atoms with Gasteiger partial charge in [0.2, 0.25) is 0 Å². The molecule has 2 rings (SSSR count). The van der Waals surface area contributed by atoms with Crippen LogP contribution in [0.5, 0.6) is 5.75 Å². The molecule has 3 N–H and O–H groups in total. The summed E-state index contributed by atoms with van der Waals surface area (Å²) in [4.78, 5) is 5.17. The van der Waals surface area contributed by atoms with Crippen LogP contribution >= 0.6 is 0 Å². The van der Waals surface area contributed by atoms with Gasteiger partial charge in [-0.25, -0.2) is 4.39 Å². The van der Waals surface area contributed by atoms with Crippen LogP contribution in [-0.4, -0.2) is 21.2 Å². The summed E-state index contributed by atoms with van der Waals surface area (Å²) in [6.45, 7) is 1.83. The minimum Gasteiger partial charge on any atom is -0.505 e. The topological polar surface area (TPSA) is 85.5 Å². The Labute approximate surface area is 126 Å². The molecule has 0 unspecified atom stereocenters. The Morgan fingerprint density at radius 1 is 1.18 bits per heavy atom. The maximum absolute atomic E-state index is 13.2. The number of nitrogens with zero attached hydrogens (tertiary/aromatic N) is 2. The van der Waals surface area contributed by atoms with Gasteiger partial charge in [-0.05, 0) is 42.8 Å². The molecular formula is C15H15FN2O4. The zero-order chi connectivity index (χ0) is 16.1. The number of hydrogen-bond acceptors (Lipinski definition) is 6. The first-order valence-corrected chi connectivity index (χ1v) is 6.39. The first kappa shape index (κ1) is 15.7. The summed E-state index contributed by atoms with van der Waals surface area (Å²) >= 11 is 0. The summed E-state index contributed by atoms with van der Waals surface area (Å²) < 4.78 is 13.2. The zero-order valence-electron chi connectivity index (χ0n) is 11.8. The van der Waals surface area contributed by atoms with Crippen LogP contribution in [0.3, 0.4) is 0 Å². The number of aromatic hydroxyl groups is 1. The maximum atomic E-state index is 13.2. The van der Waals surface area contributed by atoms with E-state index in [1.54, 1.807) is 19.1 Å². The summed E-state index contributed by atoms with van der Waals surface area (Å²) in [5, 5.41) is 30.7. The van der Waals surface area contributed by atoms with Crippen molar-refractivity contribution in [3.63, 3.8) is 0 Å². The lowest BCUT2D eigenvalue weighted by molar-refractivity contribution is 0.0291. The Kier molecular flexibility index (Phi) is 4.92. The van der Waals surface area contributed by atoms with E-state index in [1.165, 1.54) is 30.3 Å². The highest BCUT2D eigenvalue weighted by molar-refractivity contribution is 5.98. The fraction of sp³-hybridized carbons (Fsp3) is 0.133. The highest BCUT2D eigenvalue weighted by Gasteiger charge is 2.05. The molecule has 0 amide bonds. The van der Waals surface area contributed by atoms with Gasteiger partial charge in [-0.1, -0.05) is 17.3 Å². The second kappa shape index (κ2) is 6.88. The second-order valence-electron chi connectivity index (χ2n) is 4.57. The van der Waals surface area contributed by atoms with Gasteiger partial charge in [0.1, 0.15) is 6.61 Å². The van der Waals surface area contributed by atoms with E-state index in [-0.39, 0.29) is 17.5 Å². The molecule has 0 radical (unpaired) electrons. The van der Waals surface area contributed by atoms with E-state index < -0.39 is 11.6 Å². The van der Waals surface area contributed by atoms with E-state index in [4.69, 9.17) is 20.4 Å². The predicted octanol–water partition coefficient (Wildman–Crippen LogP) is 3.06. The summed E-state index contributed by atoms with van der Waals surface area (Å²) in [7, 11) is 0. The minimum atomic E-state index is -0.722. The molecule has 2 aromatic carbocycles. The van der Waals surface area contributed by atoms with Gasteiger partial charge in [0.05, 0.1) is 11.4 Å². The molecule has 0 fully saturated rings. The van der Waals surface area contributed by atoms with Crippen molar-refractivity contribution in [2.45, 2.75) is 13.5 Å². The lowest BCUT2D eigenvalue weighted by Crippen LogP contribution is -2.10. The molecule has 7 heteroatoms. The monoisotopic (exact) mass is 306 g/mol. The fourth-order valence-corrected chi connectivity index (χ4v) is 1.71. The van der Waals surface area contributed by atoms with E-state index in [0.717, 1.165) is 5.56 Å². The number of benzene rings is 2. The summed E-state index contributed by atoms with van der Waals surface area (Å²) in [5.74, 6) is -1.14. The van der Waals surface area contributed by atoms with Crippen molar-refractivity contribution < 1.29 is 24.7 Å². The third-order valence-electron chi connectivity index (χ3n) is 2.97. The average Bonchev–Trinajstić information content (AvgIpc) is 2.50. The van der Waals surface area contributed by atoms with Crippen LogP contribution < -0.4 is 5.23 Å². The summed E-state index contributed by atoms with van der Waals surface area (Å²) in [6.07, 6.45) is 0. The molecule has 0 aromatic heterocycles. The predicted molar refractivity (Wildman–Crippen MR) is 77.6 cm³/mol. The van der Waals surface area contributed by atoms with Gasteiger partial charge in [-0.2, -0.15) is 0 Å². The Hall–Kier alpha value is -2.64. The van der Waals surface area contributed by atoms with Gasteiger partial charge in [0, 0.05) is 5.56 Å². The van der Waals surface area contributed by atoms with Crippen LogP contribution in [0.1, 0.15) is 18.1 Å². The van der Waals surface area contributed by atoms with Crippen LogP contribution in [0.25, 0.3) is 0 Å². The SMILES string of the molecule is C/C(=N\OCc1ccc(N(O)O)cc1)c1ccc(O)c(F)c1. The summed E-state index contributed by atoms with van der Waals surface area (Å²) in [5.41, 5.74) is 1.97. The fourth-order valence-electron chi connectivity index (χ4n) is 1.71. The van der Waals surface area contributed by atoms with Crippen molar-refractivity contribution in [1.29, 1.82) is 0 Å². The van der Waals surface area contributed by atoms with Crippen molar-refractivity contribution in [1.82, 2.24) is 0 Å². The largest absolute Gasteiger partial charge is 0.505 e. The van der Waals surface area contributed by atoms with Gasteiger partial charge in [-0.15, -0.1) is 5.23 Å². The average molecular weight is 306 g/mol. The number of oxime groups is 1. The van der Waals surface area contributed by atoms with Crippen molar-refractivity contribution >= 4 is 11.4 Å². The molecule has 6 nitrogen and oxygen atoms in total. The van der Waals surface area contributed by atoms with Crippen LogP contribution in [-0.2, 0) is 11.4 Å². The van der Waals surface area contributed by atoms with E-state index in [1.807, 2.05) is 0 Å². The van der Waals surface area contributed by atoms with Crippen molar-refractivity contribution in [3.8, 4) is 5.75 Å². The number of phenolic OH excluding ortho intramolecular Hbond substituents is 1. The first-order chi connectivity index (χ1) is 10.5. The standard InChI is InChI=1S/C15H15FN2O4/c1-10(12-4-7-15(19)14(16)8-12)17-22-9-11-2-5-13(6-3-11)18(20)21/h2-8,19-21H,9H2,1H3/b17-10+. The Bertz CT molecular complexity index is 672. The molecule has 0 saturated heterocycles. The lowest BCUT2D eigenvalue weighted by Gasteiger charge is -2.08. The number of phenols is 1. The number of rotatable bonds is 5. The molecule has 0 spiro atoms. The van der Waals surface area contributed by atoms with Crippen molar-refractivity contribution in [2.24, 2.45) is 5.16 Å². The molecule has 116 valence electrons. The quantitative estimate of drug-likeness (QED) is 0.584. The number of anilines is 1. The maximum Gasteiger partial charge on any atom is 0.165 e. The smallest absolute Gasteiger partial charge is 0.165 e. The first-order valence-electron chi connectivity index (χ1n) is 6.39. The molecule has 0 saturated carbocycles. The van der Waals surface area contributed by atoms with Crippen LogP contribution in [0.2, 0.25) is 0 Å². The normalized spacial score (nSPS) is 11.4. The van der Waals surface area contributed by atoms with Gasteiger partial charge in [0.15, 0.2) is 11.6 Å². The van der Waals surface area contributed by atoms with Crippen LogP contribution in [0.15, 0.2) is 47.6 Å². The molecule has 22 heavy (non-hydrogen) atoms. The van der Waals surface area contributed by atoms with Crippen molar-refractivity contribution in [3.05, 3.63) is 59.4 Å². The van der Waals surface area contributed by atoms with E-state index in [9.17, 15) is 4.39 Å². The van der Waals surface area contributed by atoms with Gasteiger partial charge in [0.25, 0.3) is 0 Å². The van der Waals surface area contributed by atoms with Crippen LogP contribution in [0.4, 0.5) is 10.1 Å². The van der Waals surface area contributed by atoms with Crippen molar-refractivity contribution in [2.75, 3.05) is 5.23 Å². The molecule has 0 atom stereocenters. The third-order valence-corrected chi connectivity index (χ3v) is 2.97. The van der Waals surface area contributed by atoms with Crippen LogP contribution in [0, 0.1) is 5.82 Å². The number of hydrogen-bond donors (Lipinski definition) is 3. The molecule has 0 aliphatic carbocycles. The molecular weight excluding hydrogens is 291 g/mol. The second-order valence-corrected chi connectivity index (χ2v) is 4.57. The van der Waals surface area contributed by atoms with Gasteiger partial charge >= 0.3 is 0 Å². The molecule has 0 aliphatic rings. The highest BCUT2D eigenvalue weighted by atomic mass is 19.1. The number of halogens is 1. The molecule has 0 aliphatic heterocycles. The Morgan fingerprint density at radius 2 is 1.86 bits per heavy atom. The highest BCUT2D eigenvalue weighted by Crippen LogP contribution is 2.17. The lowest BCUT2D eigenvalue weighted by atomic mass is 10.1. The van der Waals surface area contributed by atoms with Gasteiger partial charge in [-0.3, -0.25) is 10.4 Å². The van der Waals surface area contributed by atoms with E-state index in [0.29, 0.717) is 11.3 Å². The molecule has 0 heterocycles.